The lowest BCUT2D eigenvalue weighted by molar-refractivity contribution is -0.135. The number of piperazine rings is 1. The smallest absolute Gasteiger partial charge is 0.329 e. The van der Waals surface area contributed by atoms with E-state index < -0.39 is 22.0 Å². The molecule has 6 heterocycles. The Morgan fingerprint density at radius 2 is 1.67 bits per heavy atom. The van der Waals surface area contributed by atoms with Crippen molar-refractivity contribution in [1.82, 2.24) is 43.5 Å². The number of anilines is 3. The maximum absolute atomic E-state index is 13.5. The van der Waals surface area contributed by atoms with Gasteiger partial charge in [-0.15, -0.1) is 0 Å². The van der Waals surface area contributed by atoms with Crippen LogP contribution in [-0.4, -0.2) is 112 Å². The van der Waals surface area contributed by atoms with E-state index in [1.54, 1.807) is 42.1 Å². The third-order valence-electron chi connectivity index (χ3n) is 13.4. The van der Waals surface area contributed by atoms with Crippen LogP contribution in [0.15, 0.2) is 63.1 Å². The van der Waals surface area contributed by atoms with Crippen molar-refractivity contribution in [2.24, 2.45) is 13.0 Å². The zero-order valence-corrected chi connectivity index (χ0v) is 37.6. The number of imidazole rings is 1. The molecule has 2 aromatic carbocycles. The van der Waals surface area contributed by atoms with Crippen molar-refractivity contribution in [3.05, 3.63) is 80.1 Å². The summed E-state index contributed by atoms with van der Waals surface area (Å²) in [4.78, 5) is 66.9. The number of hydrogen-bond donors (Lipinski definition) is 3. The molecule has 0 bridgehead atoms. The fourth-order valence-corrected chi connectivity index (χ4v) is 11.3. The quantitative estimate of drug-likeness (QED) is 0.162. The third kappa shape index (κ3) is 8.50. The number of pyridine rings is 1. The normalized spacial score (nSPS) is 21.9. The maximum Gasteiger partial charge on any atom is 0.329 e. The van der Waals surface area contributed by atoms with Crippen LogP contribution in [0.3, 0.4) is 0 Å². The predicted octanol–water partition coefficient (Wildman–Crippen LogP) is 4.05. The number of halogens is 1. The standard InChI is InChI=1S/C44H54ClN11O6S/c1-26(2)55-40-29(20-34(45)42(55)59)24-46-43(49-40)47-35-7-6-33(19-27(35)3)63(61,62)50-30-21-32(22-30)54-17-15-52(16-18-54)25-28-11-13-53(14-12-28)31-5-8-36-38(23-31)51(4)44(60)56(36)37-9-10-39(57)48-41(37)58/h5-8,19-20,23-24,26,28,30,32,37,50H,9-18,21-22,25H2,1-4H3,(H,46,47,49)(H,48,57,58)/t30-,32+,37?. The number of aromatic nitrogens is 5. The Balaban J connectivity index is 0.727. The minimum Gasteiger partial charge on any atom is -0.371 e. The minimum absolute atomic E-state index is 0.104. The first-order valence-electron chi connectivity index (χ1n) is 21.9. The molecule has 63 heavy (non-hydrogen) atoms. The highest BCUT2D eigenvalue weighted by molar-refractivity contribution is 7.89. The van der Waals surface area contributed by atoms with Crippen molar-refractivity contribution in [2.75, 3.05) is 56.0 Å². The van der Waals surface area contributed by atoms with Crippen LogP contribution in [0.1, 0.15) is 70.0 Å². The van der Waals surface area contributed by atoms with Gasteiger partial charge in [-0.25, -0.2) is 22.9 Å². The molecular weight excluding hydrogens is 846 g/mol. The molecule has 9 rings (SSSR count). The number of piperidine rings is 2. The van der Waals surface area contributed by atoms with Crippen LogP contribution in [0.5, 0.6) is 0 Å². The molecular formula is C44H54ClN11O6S. The lowest BCUT2D eigenvalue weighted by Gasteiger charge is -2.47. The number of amides is 2. The van der Waals surface area contributed by atoms with Crippen molar-refractivity contribution in [1.29, 1.82) is 0 Å². The second-order valence-electron chi connectivity index (χ2n) is 17.9. The Morgan fingerprint density at radius 3 is 2.37 bits per heavy atom. The first-order valence-corrected chi connectivity index (χ1v) is 23.7. The van der Waals surface area contributed by atoms with Gasteiger partial charge < -0.3 is 15.1 Å². The van der Waals surface area contributed by atoms with E-state index in [4.69, 9.17) is 11.6 Å². The molecule has 19 heteroatoms. The lowest BCUT2D eigenvalue weighted by Crippen LogP contribution is -2.58. The Labute approximate surface area is 370 Å². The minimum atomic E-state index is -3.73. The number of carbonyl (C=O) groups is 2. The summed E-state index contributed by atoms with van der Waals surface area (Å²) in [6.07, 6.45) is 5.85. The summed E-state index contributed by atoms with van der Waals surface area (Å²) in [5.74, 6) is 0.146. The Hall–Kier alpha value is -5.14. The zero-order chi connectivity index (χ0) is 44.3. The molecule has 4 fully saturated rings. The highest BCUT2D eigenvalue weighted by Crippen LogP contribution is 2.32. The van der Waals surface area contributed by atoms with Gasteiger partial charge in [-0.3, -0.25) is 38.3 Å². The van der Waals surface area contributed by atoms with Gasteiger partial charge in [-0.2, -0.15) is 4.98 Å². The molecule has 1 aliphatic carbocycles. The summed E-state index contributed by atoms with van der Waals surface area (Å²) in [7, 11) is -2.01. The molecule has 0 radical (unpaired) electrons. The molecule has 334 valence electrons. The van der Waals surface area contributed by atoms with Crippen LogP contribution in [-0.2, 0) is 26.7 Å². The summed E-state index contributed by atoms with van der Waals surface area (Å²) < 4.78 is 34.5. The van der Waals surface area contributed by atoms with E-state index in [9.17, 15) is 27.6 Å². The second kappa shape index (κ2) is 17.1. The molecule has 3 saturated heterocycles. The number of rotatable bonds is 11. The van der Waals surface area contributed by atoms with Gasteiger partial charge in [0.05, 0.1) is 15.9 Å². The van der Waals surface area contributed by atoms with Gasteiger partial charge in [-0.1, -0.05) is 11.6 Å². The Kier molecular flexibility index (Phi) is 11.7. The highest BCUT2D eigenvalue weighted by atomic mass is 35.5. The van der Waals surface area contributed by atoms with Gasteiger partial charge in [-0.05, 0) is 107 Å². The Bertz CT molecular complexity index is 2840. The molecule has 2 amide bonds. The molecule has 3 N–H and O–H groups in total. The number of benzene rings is 2. The third-order valence-corrected chi connectivity index (χ3v) is 15.2. The maximum atomic E-state index is 13.5. The first-order chi connectivity index (χ1) is 30.1. The van der Waals surface area contributed by atoms with Crippen LogP contribution in [0, 0.1) is 12.8 Å². The molecule has 3 aliphatic heterocycles. The first kappa shape index (κ1) is 43.1. The van der Waals surface area contributed by atoms with Gasteiger partial charge in [0.15, 0.2) is 0 Å². The van der Waals surface area contributed by atoms with Crippen molar-refractivity contribution in [3.63, 3.8) is 0 Å². The number of aryl methyl sites for hydroxylation is 2. The molecule has 1 saturated carbocycles. The number of hydrogen-bond acceptors (Lipinski definition) is 12. The van der Waals surface area contributed by atoms with Crippen LogP contribution >= 0.6 is 11.6 Å². The zero-order valence-electron chi connectivity index (χ0n) is 36.0. The van der Waals surface area contributed by atoms with Crippen molar-refractivity contribution >= 4 is 72.8 Å². The summed E-state index contributed by atoms with van der Waals surface area (Å²) >= 11 is 6.17. The number of imide groups is 1. The van der Waals surface area contributed by atoms with E-state index in [0.717, 1.165) is 82.7 Å². The summed E-state index contributed by atoms with van der Waals surface area (Å²) in [5, 5.41) is 6.30. The second-order valence-corrected chi connectivity index (χ2v) is 20.0. The number of carbonyl (C=O) groups excluding carboxylic acids is 2. The van der Waals surface area contributed by atoms with Gasteiger partial charge in [0, 0.05) is 100 Å². The van der Waals surface area contributed by atoms with Gasteiger partial charge in [0.1, 0.15) is 16.7 Å². The largest absolute Gasteiger partial charge is 0.371 e. The van der Waals surface area contributed by atoms with E-state index in [2.05, 4.69) is 40.0 Å². The van der Waals surface area contributed by atoms with E-state index in [1.807, 2.05) is 39.0 Å². The van der Waals surface area contributed by atoms with Crippen molar-refractivity contribution in [2.45, 2.75) is 88.4 Å². The van der Waals surface area contributed by atoms with Crippen LogP contribution < -0.4 is 31.5 Å². The van der Waals surface area contributed by atoms with Gasteiger partial charge >= 0.3 is 5.69 Å². The average molecular weight is 901 g/mol. The monoisotopic (exact) mass is 899 g/mol. The number of sulfonamides is 1. The summed E-state index contributed by atoms with van der Waals surface area (Å²) in [6.45, 7) is 12.5. The fourth-order valence-electron chi connectivity index (χ4n) is 9.79. The topological polar surface area (TPSA) is 189 Å². The molecule has 1 unspecified atom stereocenters. The summed E-state index contributed by atoms with van der Waals surface area (Å²) in [6, 6.07) is 11.9. The molecule has 17 nitrogen and oxygen atoms in total. The average Bonchev–Trinajstić information content (AvgIpc) is 3.48. The van der Waals surface area contributed by atoms with Crippen LogP contribution in [0.2, 0.25) is 5.02 Å². The van der Waals surface area contributed by atoms with Crippen LogP contribution in [0.4, 0.5) is 17.3 Å². The predicted molar refractivity (Wildman–Crippen MR) is 242 cm³/mol. The van der Waals surface area contributed by atoms with Crippen molar-refractivity contribution in [3.8, 4) is 0 Å². The van der Waals surface area contributed by atoms with E-state index in [1.165, 1.54) is 9.13 Å². The lowest BCUT2D eigenvalue weighted by atomic mass is 9.86. The summed E-state index contributed by atoms with van der Waals surface area (Å²) in [5.41, 5.74) is 3.77. The van der Waals surface area contributed by atoms with E-state index in [-0.39, 0.29) is 51.5 Å². The van der Waals surface area contributed by atoms with Gasteiger partial charge in [0.25, 0.3) is 5.56 Å². The van der Waals surface area contributed by atoms with Gasteiger partial charge in [0.2, 0.25) is 27.8 Å². The van der Waals surface area contributed by atoms with E-state index >= 15 is 0 Å². The fraction of sp³-hybridized carbons (Fsp3) is 0.500. The Morgan fingerprint density at radius 1 is 0.921 bits per heavy atom. The van der Waals surface area contributed by atoms with Crippen molar-refractivity contribution < 1.29 is 18.0 Å². The molecule has 4 aliphatic rings. The number of nitrogens with zero attached hydrogens (tertiary/aromatic N) is 8. The van der Waals surface area contributed by atoms with E-state index in [0.29, 0.717) is 46.2 Å². The number of fused-ring (bicyclic) bond motifs is 2. The highest BCUT2D eigenvalue weighted by Gasteiger charge is 2.38. The SMILES string of the molecule is Cc1cc(S(=O)(=O)N[C@H]2C[C@@H](N3CCN(CC4CCN(c5ccc6c(c5)n(C)c(=O)n6C5CCC(=O)NC5=O)CC4)CC3)C2)ccc1Nc1ncc2cc(Cl)c(=O)n(C(C)C)c2n1. The molecule has 0 spiro atoms. The van der Waals surface area contributed by atoms with Crippen LogP contribution in [0.25, 0.3) is 22.1 Å². The number of nitrogens with one attached hydrogen (secondary N) is 3. The molecule has 3 aromatic heterocycles. The molecule has 1 atom stereocenters. The molecule has 5 aromatic rings.